The normalized spacial score (nSPS) is 12.2. The van der Waals surface area contributed by atoms with Crippen molar-refractivity contribution < 1.29 is 9.13 Å². The highest BCUT2D eigenvalue weighted by Gasteiger charge is 2.09. The van der Waals surface area contributed by atoms with Crippen molar-refractivity contribution in [2.75, 3.05) is 0 Å². The molecule has 4 heteroatoms. The molecule has 0 saturated carbocycles. The summed E-state index contributed by atoms with van der Waals surface area (Å²) in [6.07, 6.45) is 0. The fraction of sp³-hybridized carbons (Fsp3) is 0.200. The fourth-order valence-electron chi connectivity index (χ4n) is 1.75. The molecule has 0 aliphatic rings. The molecule has 0 aromatic heterocycles. The first-order valence-electron chi connectivity index (χ1n) is 5.98. The van der Waals surface area contributed by atoms with Crippen LogP contribution in [-0.4, -0.2) is 0 Å². The van der Waals surface area contributed by atoms with Gasteiger partial charge in [-0.2, -0.15) is 0 Å². The SMILES string of the molecule is CC(N)c1cc(F)ccc1OCc1ccc(Br)cc1. The van der Waals surface area contributed by atoms with Crippen molar-refractivity contribution in [1.29, 1.82) is 0 Å². The lowest BCUT2D eigenvalue weighted by Gasteiger charge is -2.14. The molecule has 0 aliphatic heterocycles. The van der Waals surface area contributed by atoms with E-state index in [1.54, 1.807) is 13.0 Å². The minimum Gasteiger partial charge on any atom is -0.489 e. The first-order chi connectivity index (χ1) is 9.06. The Bertz CT molecular complexity index is 555. The van der Waals surface area contributed by atoms with Gasteiger partial charge in [0.05, 0.1) is 0 Å². The lowest BCUT2D eigenvalue weighted by atomic mass is 10.1. The molecule has 2 rings (SSSR count). The van der Waals surface area contributed by atoms with Gasteiger partial charge >= 0.3 is 0 Å². The molecule has 2 nitrogen and oxygen atoms in total. The van der Waals surface area contributed by atoms with Crippen LogP contribution in [0.25, 0.3) is 0 Å². The molecule has 100 valence electrons. The standard InChI is InChI=1S/C15H15BrFNO/c1-10(18)14-8-13(17)6-7-15(14)19-9-11-2-4-12(16)5-3-11/h2-8,10H,9,18H2,1H3. The molecule has 0 spiro atoms. The monoisotopic (exact) mass is 323 g/mol. The van der Waals surface area contributed by atoms with Gasteiger partial charge in [0.25, 0.3) is 0 Å². The van der Waals surface area contributed by atoms with Gasteiger partial charge in [-0.05, 0) is 42.8 Å². The maximum absolute atomic E-state index is 13.2. The second-order valence-corrected chi connectivity index (χ2v) is 5.30. The van der Waals surface area contributed by atoms with Gasteiger partial charge in [-0.25, -0.2) is 4.39 Å². The molecule has 0 heterocycles. The summed E-state index contributed by atoms with van der Waals surface area (Å²) in [7, 11) is 0. The third-order valence-corrected chi connectivity index (χ3v) is 3.30. The van der Waals surface area contributed by atoms with Crippen LogP contribution in [-0.2, 0) is 6.61 Å². The number of halogens is 2. The number of nitrogens with two attached hydrogens (primary N) is 1. The van der Waals surface area contributed by atoms with E-state index in [-0.39, 0.29) is 11.9 Å². The van der Waals surface area contributed by atoms with E-state index < -0.39 is 0 Å². The summed E-state index contributed by atoms with van der Waals surface area (Å²) in [6, 6.07) is 12.0. The average molecular weight is 324 g/mol. The van der Waals surface area contributed by atoms with Crippen LogP contribution in [0.2, 0.25) is 0 Å². The molecule has 2 N–H and O–H groups in total. The Morgan fingerprint density at radius 2 is 1.89 bits per heavy atom. The molecule has 19 heavy (non-hydrogen) atoms. The van der Waals surface area contributed by atoms with Gasteiger partial charge < -0.3 is 10.5 Å². The average Bonchev–Trinajstić information content (AvgIpc) is 2.39. The maximum atomic E-state index is 13.2. The van der Waals surface area contributed by atoms with E-state index in [2.05, 4.69) is 15.9 Å². The van der Waals surface area contributed by atoms with Crippen molar-refractivity contribution in [2.24, 2.45) is 5.73 Å². The van der Waals surface area contributed by atoms with E-state index in [9.17, 15) is 4.39 Å². The highest BCUT2D eigenvalue weighted by molar-refractivity contribution is 9.10. The molecule has 0 saturated heterocycles. The molecule has 0 amide bonds. The van der Waals surface area contributed by atoms with Gasteiger partial charge in [-0.15, -0.1) is 0 Å². The van der Waals surface area contributed by atoms with Gasteiger partial charge in [0.15, 0.2) is 0 Å². The van der Waals surface area contributed by atoms with Crippen LogP contribution in [0.4, 0.5) is 4.39 Å². The van der Waals surface area contributed by atoms with E-state index in [4.69, 9.17) is 10.5 Å². The van der Waals surface area contributed by atoms with Crippen LogP contribution in [0.3, 0.4) is 0 Å². The molecular formula is C15H15BrFNO. The third kappa shape index (κ3) is 3.78. The van der Waals surface area contributed by atoms with E-state index >= 15 is 0 Å². The molecule has 2 aromatic carbocycles. The summed E-state index contributed by atoms with van der Waals surface area (Å²) in [5.41, 5.74) is 7.54. The van der Waals surface area contributed by atoms with Crippen LogP contribution < -0.4 is 10.5 Å². The van der Waals surface area contributed by atoms with Crippen LogP contribution in [0, 0.1) is 5.82 Å². The van der Waals surface area contributed by atoms with E-state index in [1.807, 2.05) is 24.3 Å². The summed E-state index contributed by atoms with van der Waals surface area (Å²) in [5, 5.41) is 0. The fourth-order valence-corrected chi connectivity index (χ4v) is 2.01. The van der Waals surface area contributed by atoms with Crippen molar-refractivity contribution in [2.45, 2.75) is 19.6 Å². The Labute approximate surface area is 120 Å². The topological polar surface area (TPSA) is 35.2 Å². The van der Waals surface area contributed by atoms with Gasteiger partial charge in [0.1, 0.15) is 18.2 Å². The summed E-state index contributed by atoms with van der Waals surface area (Å²) < 4.78 is 19.9. The zero-order valence-corrected chi connectivity index (χ0v) is 12.2. The molecule has 1 unspecified atom stereocenters. The molecule has 0 fully saturated rings. The second kappa shape index (κ2) is 6.17. The van der Waals surface area contributed by atoms with Crippen molar-refractivity contribution in [3.8, 4) is 5.75 Å². The van der Waals surface area contributed by atoms with E-state index in [0.717, 1.165) is 10.0 Å². The van der Waals surface area contributed by atoms with Crippen molar-refractivity contribution >= 4 is 15.9 Å². The smallest absolute Gasteiger partial charge is 0.124 e. The van der Waals surface area contributed by atoms with Crippen LogP contribution in [0.1, 0.15) is 24.1 Å². The highest BCUT2D eigenvalue weighted by atomic mass is 79.9. The molecule has 0 aliphatic carbocycles. The molecule has 1 atom stereocenters. The summed E-state index contributed by atoms with van der Waals surface area (Å²) in [6.45, 7) is 2.24. The third-order valence-electron chi connectivity index (χ3n) is 2.77. The quantitative estimate of drug-likeness (QED) is 0.915. The van der Waals surface area contributed by atoms with E-state index in [0.29, 0.717) is 17.9 Å². The molecule has 0 bridgehead atoms. The Morgan fingerprint density at radius 3 is 2.53 bits per heavy atom. The first-order valence-corrected chi connectivity index (χ1v) is 6.78. The van der Waals surface area contributed by atoms with Crippen LogP contribution >= 0.6 is 15.9 Å². The highest BCUT2D eigenvalue weighted by Crippen LogP contribution is 2.25. The Kier molecular flexibility index (Phi) is 4.56. The predicted molar refractivity (Wildman–Crippen MR) is 77.5 cm³/mol. The van der Waals surface area contributed by atoms with Crippen LogP contribution in [0.5, 0.6) is 5.75 Å². The summed E-state index contributed by atoms with van der Waals surface area (Å²) >= 11 is 3.38. The van der Waals surface area contributed by atoms with Crippen molar-refractivity contribution in [3.05, 3.63) is 63.9 Å². The number of hydrogen-bond acceptors (Lipinski definition) is 2. The lowest BCUT2D eigenvalue weighted by Crippen LogP contribution is -2.08. The minimum absolute atomic E-state index is 0.268. The minimum atomic E-state index is -0.303. The van der Waals surface area contributed by atoms with Gasteiger partial charge in [-0.1, -0.05) is 28.1 Å². The zero-order valence-electron chi connectivity index (χ0n) is 10.6. The second-order valence-electron chi connectivity index (χ2n) is 4.39. The van der Waals surface area contributed by atoms with Crippen molar-refractivity contribution in [1.82, 2.24) is 0 Å². The Balaban J connectivity index is 2.13. The molecule has 2 aromatic rings. The zero-order chi connectivity index (χ0) is 13.8. The molecular weight excluding hydrogens is 309 g/mol. The van der Waals surface area contributed by atoms with Crippen molar-refractivity contribution in [3.63, 3.8) is 0 Å². The Hall–Kier alpha value is -1.39. The number of benzene rings is 2. The predicted octanol–water partition coefficient (Wildman–Crippen LogP) is 4.19. The largest absolute Gasteiger partial charge is 0.489 e. The van der Waals surface area contributed by atoms with Crippen LogP contribution in [0.15, 0.2) is 46.9 Å². The summed E-state index contributed by atoms with van der Waals surface area (Å²) in [4.78, 5) is 0. The number of ether oxygens (including phenoxy) is 1. The lowest BCUT2D eigenvalue weighted by molar-refractivity contribution is 0.301. The Morgan fingerprint density at radius 1 is 1.21 bits per heavy atom. The summed E-state index contributed by atoms with van der Waals surface area (Å²) in [5.74, 6) is 0.322. The number of rotatable bonds is 4. The molecule has 0 radical (unpaired) electrons. The first kappa shape index (κ1) is 14.0. The number of hydrogen-bond donors (Lipinski definition) is 1. The van der Waals surface area contributed by atoms with Gasteiger partial charge in [-0.3, -0.25) is 0 Å². The van der Waals surface area contributed by atoms with E-state index in [1.165, 1.54) is 12.1 Å². The van der Waals surface area contributed by atoms with Gasteiger partial charge in [0, 0.05) is 16.1 Å². The maximum Gasteiger partial charge on any atom is 0.124 e. The van der Waals surface area contributed by atoms with Gasteiger partial charge in [0.2, 0.25) is 0 Å².